The van der Waals surface area contributed by atoms with E-state index in [-0.39, 0.29) is 24.9 Å². The van der Waals surface area contributed by atoms with Gasteiger partial charge in [-0.2, -0.15) is 0 Å². The number of carboxylic acids is 1. The second-order valence-corrected chi connectivity index (χ2v) is 8.87. The number of fused-ring (bicyclic) bond motifs is 3. The summed E-state index contributed by atoms with van der Waals surface area (Å²) in [6.45, 7) is 3.64. The zero-order chi connectivity index (χ0) is 24.9. The molecule has 0 aliphatic heterocycles. The molecule has 1 aromatic heterocycles. The van der Waals surface area contributed by atoms with Crippen LogP contribution < -0.4 is 10.6 Å². The Bertz CT molecular complexity index is 1160. The number of amides is 2. The summed E-state index contributed by atoms with van der Waals surface area (Å²) in [5.74, 6) is -2.18. The number of rotatable bonds is 9. The van der Waals surface area contributed by atoms with E-state index >= 15 is 0 Å². The van der Waals surface area contributed by atoms with E-state index in [9.17, 15) is 19.5 Å². The molecule has 0 fully saturated rings. The highest BCUT2D eigenvalue weighted by Gasteiger charge is 2.32. The SMILES string of the molecule is CC(C)C(NC(=O)OCC1c2ccccc2-c2ccccc21)C(=O)N[C@@H](Cc1cnc[nH]1)C(=O)O. The number of imidazole rings is 1. The fourth-order valence-electron chi connectivity index (χ4n) is 4.38. The topological polar surface area (TPSA) is 133 Å². The summed E-state index contributed by atoms with van der Waals surface area (Å²) in [6.07, 6.45) is 2.24. The highest BCUT2D eigenvalue weighted by atomic mass is 16.5. The summed E-state index contributed by atoms with van der Waals surface area (Å²) in [4.78, 5) is 43.9. The fraction of sp³-hybridized carbons (Fsp3) is 0.308. The van der Waals surface area contributed by atoms with Crippen molar-refractivity contribution in [2.24, 2.45) is 5.92 Å². The van der Waals surface area contributed by atoms with Crippen LogP contribution in [0.4, 0.5) is 4.79 Å². The van der Waals surface area contributed by atoms with Crippen LogP contribution >= 0.6 is 0 Å². The van der Waals surface area contributed by atoms with Crippen molar-refractivity contribution in [3.05, 3.63) is 77.9 Å². The van der Waals surface area contributed by atoms with E-state index in [0.717, 1.165) is 22.3 Å². The van der Waals surface area contributed by atoms with Crippen molar-refractivity contribution in [2.45, 2.75) is 38.3 Å². The van der Waals surface area contributed by atoms with Gasteiger partial charge in [-0.3, -0.25) is 4.79 Å². The molecule has 4 rings (SSSR count). The third-order valence-electron chi connectivity index (χ3n) is 6.16. The van der Waals surface area contributed by atoms with Crippen molar-refractivity contribution >= 4 is 18.0 Å². The number of carbonyl (C=O) groups is 3. The lowest BCUT2D eigenvalue weighted by Crippen LogP contribution is -2.54. The van der Waals surface area contributed by atoms with Gasteiger partial charge in [0.15, 0.2) is 0 Å². The molecule has 1 aliphatic rings. The summed E-state index contributed by atoms with van der Waals surface area (Å²) in [6, 6.07) is 13.9. The minimum absolute atomic E-state index is 0.0385. The van der Waals surface area contributed by atoms with Gasteiger partial charge in [0.05, 0.1) is 6.33 Å². The Balaban J connectivity index is 1.39. The van der Waals surface area contributed by atoms with Gasteiger partial charge in [-0.1, -0.05) is 62.4 Å². The van der Waals surface area contributed by atoms with Crippen LogP contribution in [0.15, 0.2) is 61.1 Å². The first-order valence-corrected chi connectivity index (χ1v) is 11.5. The minimum atomic E-state index is -1.18. The number of carbonyl (C=O) groups excluding carboxylic acids is 2. The second kappa shape index (κ2) is 10.4. The van der Waals surface area contributed by atoms with Crippen molar-refractivity contribution < 1.29 is 24.2 Å². The zero-order valence-electron chi connectivity index (χ0n) is 19.5. The molecular weight excluding hydrogens is 448 g/mol. The number of alkyl carbamates (subject to hydrolysis) is 1. The first-order valence-electron chi connectivity index (χ1n) is 11.5. The molecule has 0 saturated heterocycles. The summed E-state index contributed by atoms with van der Waals surface area (Å²) in [5, 5.41) is 14.6. The van der Waals surface area contributed by atoms with E-state index in [4.69, 9.17) is 4.74 Å². The van der Waals surface area contributed by atoms with Gasteiger partial charge in [0.2, 0.25) is 5.91 Å². The second-order valence-electron chi connectivity index (χ2n) is 8.87. The molecule has 1 aliphatic carbocycles. The fourth-order valence-corrected chi connectivity index (χ4v) is 4.38. The average Bonchev–Trinajstić information content (AvgIpc) is 3.46. The highest BCUT2D eigenvalue weighted by molar-refractivity contribution is 5.89. The quantitative estimate of drug-likeness (QED) is 0.375. The van der Waals surface area contributed by atoms with Crippen LogP contribution in [-0.2, 0) is 20.7 Å². The first kappa shape index (κ1) is 24.0. The Morgan fingerprint density at radius 2 is 1.66 bits per heavy atom. The largest absolute Gasteiger partial charge is 0.480 e. The van der Waals surface area contributed by atoms with Gasteiger partial charge < -0.3 is 25.5 Å². The van der Waals surface area contributed by atoms with Gasteiger partial charge in [-0.05, 0) is 28.2 Å². The summed E-state index contributed by atoms with van der Waals surface area (Å²) in [7, 11) is 0. The Morgan fingerprint density at radius 3 is 2.20 bits per heavy atom. The van der Waals surface area contributed by atoms with E-state index in [2.05, 4.69) is 32.7 Å². The van der Waals surface area contributed by atoms with Crippen molar-refractivity contribution in [1.29, 1.82) is 0 Å². The minimum Gasteiger partial charge on any atom is -0.480 e. The molecule has 0 radical (unpaired) electrons. The third-order valence-corrected chi connectivity index (χ3v) is 6.16. The molecular formula is C26H28N4O5. The van der Waals surface area contributed by atoms with Gasteiger partial charge in [-0.25, -0.2) is 14.6 Å². The maximum Gasteiger partial charge on any atom is 0.407 e. The molecule has 2 atom stereocenters. The van der Waals surface area contributed by atoms with Gasteiger partial charge in [0.1, 0.15) is 18.7 Å². The molecule has 1 heterocycles. The van der Waals surface area contributed by atoms with Crippen molar-refractivity contribution in [1.82, 2.24) is 20.6 Å². The number of hydrogen-bond donors (Lipinski definition) is 4. The average molecular weight is 477 g/mol. The number of nitrogens with one attached hydrogen (secondary N) is 3. The lowest BCUT2D eigenvalue weighted by molar-refractivity contribution is -0.142. The number of aromatic amines is 1. The van der Waals surface area contributed by atoms with E-state index < -0.39 is 30.1 Å². The Labute approximate surface area is 202 Å². The molecule has 9 heteroatoms. The number of ether oxygens (including phenoxy) is 1. The Hall–Kier alpha value is -4.14. The number of aromatic nitrogens is 2. The van der Waals surface area contributed by atoms with E-state index in [1.807, 2.05) is 36.4 Å². The van der Waals surface area contributed by atoms with Crippen molar-refractivity contribution in [2.75, 3.05) is 6.61 Å². The standard InChI is InChI=1S/C26H28N4O5/c1-15(2)23(24(31)29-22(25(32)33)11-16-12-27-14-28-16)30-26(34)35-13-21-19-9-5-3-7-17(19)18-8-4-6-10-20(18)21/h3-10,12,14-15,21-23H,11,13H2,1-2H3,(H,27,28)(H,29,31)(H,30,34)(H,32,33)/t22-,23?/m0/s1. The molecule has 35 heavy (non-hydrogen) atoms. The normalized spacial score (nSPS) is 14.0. The Kier molecular flexibility index (Phi) is 7.14. The van der Waals surface area contributed by atoms with Gasteiger partial charge in [-0.15, -0.1) is 0 Å². The lowest BCUT2D eigenvalue weighted by atomic mass is 9.98. The van der Waals surface area contributed by atoms with Crippen LogP contribution in [0, 0.1) is 5.92 Å². The Morgan fingerprint density at radius 1 is 1.03 bits per heavy atom. The lowest BCUT2D eigenvalue weighted by Gasteiger charge is -2.24. The molecule has 1 unspecified atom stereocenters. The molecule has 9 nitrogen and oxygen atoms in total. The molecule has 0 bridgehead atoms. The van der Waals surface area contributed by atoms with Crippen molar-refractivity contribution in [3.8, 4) is 11.1 Å². The molecule has 182 valence electrons. The van der Waals surface area contributed by atoms with Gasteiger partial charge >= 0.3 is 12.1 Å². The summed E-state index contributed by atoms with van der Waals surface area (Å²) < 4.78 is 5.55. The van der Waals surface area contributed by atoms with Crippen molar-refractivity contribution in [3.63, 3.8) is 0 Å². The smallest absolute Gasteiger partial charge is 0.407 e. The molecule has 0 saturated carbocycles. The molecule has 3 aromatic rings. The number of hydrogen-bond acceptors (Lipinski definition) is 5. The number of nitrogens with zero attached hydrogens (tertiary/aromatic N) is 1. The van der Waals surface area contributed by atoms with Crippen LogP contribution in [-0.4, -0.2) is 51.7 Å². The van der Waals surface area contributed by atoms with E-state index in [0.29, 0.717) is 5.69 Å². The van der Waals surface area contributed by atoms with Gasteiger partial charge in [0.25, 0.3) is 0 Å². The summed E-state index contributed by atoms with van der Waals surface area (Å²) in [5.41, 5.74) is 4.98. The maximum absolute atomic E-state index is 12.9. The number of aliphatic carboxylic acids is 1. The molecule has 4 N–H and O–H groups in total. The van der Waals surface area contributed by atoms with Crippen LogP contribution in [0.2, 0.25) is 0 Å². The van der Waals surface area contributed by atoms with Gasteiger partial charge in [0, 0.05) is 24.2 Å². The molecule has 2 aromatic carbocycles. The molecule has 0 spiro atoms. The van der Waals surface area contributed by atoms with E-state index in [1.165, 1.54) is 12.5 Å². The highest BCUT2D eigenvalue weighted by Crippen LogP contribution is 2.44. The van der Waals surface area contributed by atoms with Crippen LogP contribution in [0.3, 0.4) is 0 Å². The molecule has 2 amide bonds. The first-order chi connectivity index (χ1) is 16.8. The van der Waals surface area contributed by atoms with Crippen LogP contribution in [0.5, 0.6) is 0 Å². The van der Waals surface area contributed by atoms with E-state index in [1.54, 1.807) is 13.8 Å². The zero-order valence-corrected chi connectivity index (χ0v) is 19.5. The predicted molar refractivity (Wildman–Crippen MR) is 129 cm³/mol. The number of benzene rings is 2. The van der Waals surface area contributed by atoms with Crippen LogP contribution in [0.1, 0.15) is 36.6 Å². The monoisotopic (exact) mass is 476 g/mol. The summed E-state index contributed by atoms with van der Waals surface area (Å²) >= 11 is 0. The predicted octanol–water partition coefficient (Wildman–Crippen LogP) is 3.08. The number of carboxylic acid groups (broad SMARTS) is 1. The number of H-pyrrole nitrogens is 1. The third kappa shape index (κ3) is 5.34. The van der Waals surface area contributed by atoms with Crippen LogP contribution in [0.25, 0.3) is 11.1 Å². The maximum atomic E-state index is 12.9.